The summed E-state index contributed by atoms with van der Waals surface area (Å²) < 4.78 is 23.0. The van der Waals surface area contributed by atoms with Gasteiger partial charge in [-0.2, -0.15) is 5.26 Å². The highest BCUT2D eigenvalue weighted by Gasteiger charge is 2.31. The molecule has 1 fully saturated rings. The van der Waals surface area contributed by atoms with Gasteiger partial charge in [-0.05, 0) is 50.7 Å². The number of thioether (sulfide) groups is 1. The number of fused-ring (bicyclic) bond motifs is 1. The molecule has 1 aromatic heterocycles. The van der Waals surface area contributed by atoms with Crippen molar-refractivity contribution in [2.24, 2.45) is 0 Å². The number of nitriles is 1. The smallest absolute Gasteiger partial charge is 0.233 e. The Labute approximate surface area is 152 Å². The van der Waals surface area contributed by atoms with E-state index in [9.17, 15) is 18.5 Å². The average molecular weight is 380 g/mol. The number of carbonyl (C=O) groups is 1. The maximum atomic E-state index is 12.4. The zero-order chi connectivity index (χ0) is 18.2. The quantitative estimate of drug-likeness (QED) is 0.797. The number of carbonyl (C=O) groups excluding carboxylic acids is 1. The molecule has 6 nitrogen and oxygen atoms in total. The number of aryl methyl sites for hydroxylation is 1. The van der Waals surface area contributed by atoms with Crippen LogP contribution < -0.4 is 5.32 Å². The van der Waals surface area contributed by atoms with Crippen LogP contribution in [0.2, 0.25) is 0 Å². The lowest BCUT2D eigenvalue weighted by atomic mass is 10.0. The van der Waals surface area contributed by atoms with Gasteiger partial charge in [0.15, 0.2) is 9.84 Å². The molecule has 2 heterocycles. The summed E-state index contributed by atoms with van der Waals surface area (Å²) in [6, 6.07) is 1.91. The normalized spacial score (nSPS) is 22.2. The Hall–Kier alpha value is -1.59. The number of sulfone groups is 1. The second-order valence-electron chi connectivity index (χ2n) is 6.68. The second kappa shape index (κ2) is 6.96. The summed E-state index contributed by atoms with van der Waals surface area (Å²) in [5, 5.41) is 12.5. The van der Waals surface area contributed by atoms with E-state index in [-0.39, 0.29) is 23.5 Å². The molecular weight excluding hydrogens is 358 g/mol. The lowest BCUT2D eigenvalue weighted by molar-refractivity contribution is -0.120. The summed E-state index contributed by atoms with van der Waals surface area (Å²) in [5.74, 6) is -0.0738. The Kier molecular flexibility index (Phi) is 5.07. The Morgan fingerprint density at radius 1 is 1.44 bits per heavy atom. The van der Waals surface area contributed by atoms with Gasteiger partial charge in [0, 0.05) is 11.7 Å². The molecule has 1 aromatic rings. The van der Waals surface area contributed by atoms with Crippen molar-refractivity contribution in [3.8, 4) is 6.07 Å². The van der Waals surface area contributed by atoms with E-state index in [4.69, 9.17) is 0 Å². The first-order chi connectivity index (χ1) is 11.8. The molecule has 1 saturated heterocycles. The molecule has 2 aliphatic rings. The van der Waals surface area contributed by atoms with Crippen molar-refractivity contribution < 1.29 is 13.2 Å². The van der Waals surface area contributed by atoms with E-state index >= 15 is 0 Å². The van der Waals surface area contributed by atoms with Crippen molar-refractivity contribution in [1.29, 1.82) is 5.26 Å². The van der Waals surface area contributed by atoms with E-state index in [0.29, 0.717) is 17.0 Å². The molecule has 1 aliphatic carbocycles. The van der Waals surface area contributed by atoms with Crippen LogP contribution in [0.3, 0.4) is 0 Å². The van der Waals surface area contributed by atoms with Crippen LogP contribution in [0.5, 0.6) is 0 Å². The highest BCUT2D eigenvalue weighted by molar-refractivity contribution is 8.00. The maximum absolute atomic E-state index is 12.4. The Morgan fingerprint density at radius 2 is 2.20 bits per heavy atom. The average Bonchev–Trinajstić information content (AvgIpc) is 3.14. The lowest BCUT2D eigenvalue weighted by Gasteiger charge is -2.17. The van der Waals surface area contributed by atoms with Crippen LogP contribution in [0.1, 0.15) is 42.1 Å². The third-order valence-corrected chi connectivity index (χ3v) is 7.67. The van der Waals surface area contributed by atoms with Crippen LogP contribution in [0.4, 0.5) is 0 Å². The van der Waals surface area contributed by atoms with E-state index in [1.165, 1.54) is 17.3 Å². The molecule has 25 heavy (non-hydrogen) atoms. The number of hydrogen-bond donors (Lipinski definition) is 1. The molecule has 0 unspecified atom stereocenters. The van der Waals surface area contributed by atoms with Gasteiger partial charge < -0.3 is 5.32 Å². The van der Waals surface area contributed by atoms with Crippen molar-refractivity contribution in [3.63, 3.8) is 0 Å². The topological polar surface area (TPSA) is 99.9 Å². The van der Waals surface area contributed by atoms with Gasteiger partial charge in [-0.15, -0.1) is 0 Å². The summed E-state index contributed by atoms with van der Waals surface area (Å²) in [6.45, 7) is 3.71. The van der Waals surface area contributed by atoms with Gasteiger partial charge >= 0.3 is 0 Å². The molecule has 1 N–H and O–H groups in total. The number of hydrogen-bond acceptors (Lipinski definition) is 6. The Morgan fingerprint density at radius 3 is 2.84 bits per heavy atom. The zero-order valence-electron chi connectivity index (χ0n) is 14.3. The van der Waals surface area contributed by atoms with Gasteiger partial charge in [0.25, 0.3) is 0 Å². The molecular formula is C17H21N3O3S2. The molecule has 0 aromatic carbocycles. The number of nitrogens with zero attached hydrogens (tertiary/aromatic N) is 2. The van der Waals surface area contributed by atoms with Crippen LogP contribution in [-0.4, -0.2) is 42.1 Å². The van der Waals surface area contributed by atoms with Crippen LogP contribution in [0.15, 0.2) is 5.03 Å². The number of amides is 1. The predicted octanol–water partition coefficient (Wildman–Crippen LogP) is 1.53. The monoisotopic (exact) mass is 379 g/mol. The van der Waals surface area contributed by atoms with Crippen molar-refractivity contribution in [1.82, 2.24) is 10.3 Å². The fraction of sp³-hybridized carbons (Fsp3) is 0.588. The first-order valence-electron chi connectivity index (χ1n) is 8.40. The molecule has 8 heteroatoms. The predicted molar refractivity (Wildman–Crippen MR) is 96.2 cm³/mol. The van der Waals surface area contributed by atoms with Crippen molar-refractivity contribution in [3.05, 3.63) is 22.4 Å². The van der Waals surface area contributed by atoms with Gasteiger partial charge in [-0.3, -0.25) is 4.79 Å². The van der Waals surface area contributed by atoms with Gasteiger partial charge in [-0.25, -0.2) is 13.4 Å². The summed E-state index contributed by atoms with van der Waals surface area (Å²) in [7, 11) is -3.03. The minimum atomic E-state index is -3.03. The molecule has 134 valence electrons. The molecule has 1 aliphatic heterocycles. The Bertz CT molecular complexity index is 859. The third-order valence-electron chi connectivity index (χ3n) is 4.81. The minimum absolute atomic E-state index is 0.00970. The minimum Gasteiger partial charge on any atom is -0.351 e. The summed E-state index contributed by atoms with van der Waals surface area (Å²) in [5.41, 5.74) is 3.73. The van der Waals surface area contributed by atoms with E-state index < -0.39 is 15.1 Å². The largest absolute Gasteiger partial charge is 0.351 e. The fourth-order valence-corrected chi connectivity index (χ4v) is 6.07. The highest BCUT2D eigenvalue weighted by atomic mass is 32.2. The van der Waals surface area contributed by atoms with Crippen LogP contribution >= 0.6 is 11.8 Å². The van der Waals surface area contributed by atoms with E-state index in [2.05, 4.69) is 16.4 Å². The van der Waals surface area contributed by atoms with Crippen LogP contribution in [0.25, 0.3) is 0 Å². The van der Waals surface area contributed by atoms with Crippen molar-refractivity contribution >= 4 is 27.5 Å². The Balaban J connectivity index is 1.73. The standard InChI is InChI=1S/C17H21N3O3S2/c1-10-13-4-3-5-15(13)20-17(14(10)8-18)24-11(2)16(21)19-12-6-7-25(22,23)9-12/h11-12H,3-7,9H2,1-2H3,(H,19,21)/t11-,12-/m1/s1. The van der Waals surface area contributed by atoms with Crippen LogP contribution in [-0.2, 0) is 27.5 Å². The molecule has 0 radical (unpaired) electrons. The van der Waals surface area contributed by atoms with E-state index in [1.807, 2.05) is 6.92 Å². The zero-order valence-corrected chi connectivity index (χ0v) is 16.0. The summed E-state index contributed by atoms with van der Waals surface area (Å²) >= 11 is 1.27. The van der Waals surface area contributed by atoms with Gasteiger partial charge in [0.05, 0.1) is 22.3 Å². The SMILES string of the molecule is Cc1c(C#N)c(S[C@H](C)C(=O)N[C@@H]2CCS(=O)(=O)C2)nc2c1CCC2. The number of nitrogens with one attached hydrogen (secondary N) is 1. The van der Waals surface area contributed by atoms with Crippen molar-refractivity contribution in [2.45, 2.75) is 55.8 Å². The molecule has 0 bridgehead atoms. The lowest BCUT2D eigenvalue weighted by Crippen LogP contribution is -2.40. The van der Waals surface area contributed by atoms with Gasteiger partial charge in [0.1, 0.15) is 11.1 Å². The third kappa shape index (κ3) is 3.82. The molecule has 2 atom stereocenters. The number of pyridine rings is 1. The first kappa shape index (κ1) is 18.2. The summed E-state index contributed by atoms with van der Waals surface area (Å²) in [4.78, 5) is 17.0. The number of rotatable bonds is 4. The summed E-state index contributed by atoms with van der Waals surface area (Å²) in [6.07, 6.45) is 3.38. The van der Waals surface area contributed by atoms with E-state index in [0.717, 1.165) is 30.5 Å². The molecule has 1 amide bonds. The fourth-order valence-electron chi connectivity index (χ4n) is 3.41. The number of aromatic nitrogens is 1. The van der Waals surface area contributed by atoms with Gasteiger partial charge in [0.2, 0.25) is 5.91 Å². The first-order valence-corrected chi connectivity index (χ1v) is 11.1. The molecule has 0 spiro atoms. The maximum Gasteiger partial charge on any atom is 0.233 e. The molecule has 3 rings (SSSR count). The second-order valence-corrected chi connectivity index (χ2v) is 10.2. The highest BCUT2D eigenvalue weighted by Crippen LogP contribution is 2.33. The molecule has 0 saturated carbocycles. The van der Waals surface area contributed by atoms with Crippen molar-refractivity contribution in [2.75, 3.05) is 11.5 Å². The van der Waals surface area contributed by atoms with E-state index in [1.54, 1.807) is 6.92 Å². The van der Waals surface area contributed by atoms with Crippen LogP contribution in [0, 0.1) is 18.3 Å². The van der Waals surface area contributed by atoms with Gasteiger partial charge in [-0.1, -0.05) is 11.8 Å².